The smallest absolute Gasteiger partial charge is 0.358 e. The lowest BCUT2D eigenvalue weighted by Crippen LogP contribution is -2.32. The molecule has 0 aliphatic carbocycles. The SMILES string of the molecule is CC(C)(C)S(=O)(=O)CCn1cc(C(=O)O)nn1. The van der Waals surface area contributed by atoms with Gasteiger partial charge in [-0.2, -0.15) is 0 Å². The molecule has 0 radical (unpaired) electrons. The Morgan fingerprint density at radius 3 is 2.47 bits per heavy atom. The number of carboxylic acid groups (broad SMARTS) is 1. The Kier molecular flexibility index (Phi) is 3.56. The van der Waals surface area contributed by atoms with E-state index in [0.29, 0.717) is 0 Å². The van der Waals surface area contributed by atoms with Crippen LogP contribution >= 0.6 is 0 Å². The van der Waals surface area contributed by atoms with Crippen LogP contribution in [0.25, 0.3) is 0 Å². The molecule has 8 heteroatoms. The van der Waals surface area contributed by atoms with Crippen LogP contribution < -0.4 is 0 Å². The molecule has 17 heavy (non-hydrogen) atoms. The highest BCUT2D eigenvalue weighted by Gasteiger charge is 2.28. The number of aryl methyl sites for hydroxylation is 1. The van der Waals surface area contributed by atoms with Gasteiger partial charge in [0.1, 0.15) is 0 Å². The maximum Gasteiger partial charge on any atom is 0.358 e. The second-order valence-corrected chi connectivity index (χ2v) is 7.47. The average Bonchev–Trinajstić information content (AvgIpc) is 2.61. The van der Waals surface area contributed by atoms with Gasteiger partial charge in [-0.3, -0.25) is 4.68 Å². The van der Waals surface area contributed by atoms with Gasteiger partial charge in [-0.05, 0) is 20.8 Å². The van der Waals surface area contributed by atoms with E-state index >= 15 is 0 Å². The summed E-state index contributed by atoms with van der Waals surface area (Å²) < 4.78 is 24.0. The van der Waals surface area contributed by atoms with Crippen LogP contribution in [0.4, 0.5) is 0 Å². The summed E-state index contributed by atoms with van der Waals surface area (Å²) in [5.41, 5.74) is -0.196. The first-order valence-electron chi connectivity index (χ1n) is 4.99. The maximum atomic E-state index is 11.8. The van der Waals surface area contributed by atoms with Crippen molar-refractivity contribution in [1.82, 2.24) is 15.0 Å². The van der Waals surface area contributed by atoms with Crippen LogP contribution in [0, 0.1) is 0 Å². The molecular formula is C9H15N3O4S. The minimum absolute atomic E-state index is 0.0971. The van der Waals surface area contributed by atoms with Crippen LogP contribution in [0.15, 0.2) is 6.20 Å². The Bertz CT molecular complexity index is 513. The zero-order valence-corrected chi connectivity index (χ0v) is 10.7. The van der Waals surface area contributed by atoms with Crippen molar-refractivity contribution in [2.45, 2.75) is 32.1 Å². The zero-order valence-electron chi connectivity index (χ0n) is 9.91. The summed E-state index contributed by atoms with van der Waals surface area (Å²) in [6, 6.07) is 0. The fraction of sp³-hybridized carbons (Fsp3) is 0.667. The van der Waals surface area contributed by atoms with E-state index in [9.17, 15) is 13.2 Å². The van der Waals surface area contributed by atoms with E-state index in [-0.39, 0.29) is 18.0 Å². The zero-order chi connectivity index (χ0) is 13.3. The molecule has 0 amide bonds. The molecule has 0 saturated heterocycles. The summed E-state index contributed by atoms with van der Waals surface area (Å²) in [6.45, 7) is 4.95. The Hall–Kier alpha value is -1.44. The number of hydrogen-bond donors (Lipinski definition) is 1. The third-order valence-electron chi connectivity index (χ3n) is 2.28. The third-order valence-corrected chi connectivity index (χ3v) is 4.87. The predicted molar refractivity (Wildman–Crippen MR) is 60.5 cm³/mol. The predicted octanol–water partition coefficient (Wildman–Crippen LogP) is 0.190. The highest BCUT2D eigenvalue weighted by atomic mass is 32.2. The molecule has 0 aliphatic heterocycles. The van der Waals surface area contributed by atoms with Crippen LogP contribution in [-0.4, -0.2) is 45.0 Å². The van der Waals surface area contributed by atoms with Crippen molar-refractivity contribution < 1.29 is 18.3 Å². The minimum Gasteiger partial charge on any atom is -0.476 e. The number of nitrogens with zero attached hydrogens (tertiary/aromatic N) is 3. The van der Waals surface area contributed by atoms with Gasteiger partial charge in [0.25, 0.3) is 0 Å². The second kappa shape index (κ2) is 4.44. The molecule has 0 spiro atoms. The van der Waals surface area contributed by atoms with Gasteiger partial charge in [0.05, 0.1) is 23.2 Å². The molecule has 0 fully saturated rings. The quantitative estimate of drug-likeness (QED) is 0.830. The minimum atomic E-state index is -3.24. The Morgan fingerprint density at radius 2 is 2.06 bits per heavy atom. The molecule has 1 heterocycles. The van der Waals surface area contributed by atoms with Gasteiger partial charge < -0.3 is 5.11 Å². The molecule has 0 aromatic carbocycles. The summed E-state index contributed by atoms with van der Waals surface area (Å²) in [4.78, 5) is 10.5. The monoisotopic (exact) mass is 261 g/mol. The number of carbonyl (C=O) groups is 1. The Balaban J connectivity index is 2.71. The van der Waals surface area contributed by atoms with Crippen molar-refractivity contribution in [3.05, 3.63) is 11.9 Å². The van der Waals surface area contributed by atoms with E-state index in [1.165, 1.54) is 10.9 Å². The highest BCUT2D eigenvalue weighted by molar-refractivity contribution is 7.92. The molecule has 0 unspecified atom stereocenters. The molecule has 7 nitrogen and oxygen atoms in total. The van der Waals surface area contributed by atoms with Gasteiger partial charge >= 0.3 is 5.97 Å². The second-order valence-electron chi connectivity index (χ2n) is 4.60. The summed E-state index contributed by atoms with van der Waals surface area (Å²) in [7, 11) is -3.24. The van der Waals surface area contributed by atoms with Crippen LogP contribution in [-0.2, 0) is 16.4 Å². The first-order chi connectivity index (χ1) is 7.63. The first kappa shape index (κ1) is 13.6. The van der Waals surface area contributed by atoms with Gasteiger partial charge in [-0.1, -0.05) is 5.21 Å². The summed E-state index contributed by atoms with van der Waals surface area (Å²) in [5.74, 6) is -1.28. The number of carboxylic acids is 1. The topological polar surface area (TPSA) is 102 Å². The van der Waals surface area contributed by atoms with Gasteiger partial charge in [0.2, 0.25) is 0 Å². The molecular weight excluding hydrogens is 246 g/mol. The van der Waals surface area contributed by atoms with E-state index in [2.05, 4.69) is 10.3 Å². The van der Waals surface area contributed by atoms with Crippen molar-refractivity contribution in [3.8, 4) is 0 Å². The van der Waals surface area contributed by atoms with Crippen molar-refractivity contribution in [3.63, 3.8) is 0 Å². The number of hydrogen-bond acceptors (Lipinski definition) is 5. The lowest BCUT2D eigenvalue weighted by atomic mass is 10.3. The largest absolute Gasteiger partial charge is 0.476 e. The third kappa shape index (κ3) is 3.26. The number of aromatic carboxylic acids is 1. The molecule has 1 rings (SSSR count). The average molecular weight is 261 g/mol. The number of rotatable bonds is 4. The fourth-order valence-corrected chi connectivity index (χ4v) is 2.07. The molecule has 0 saturated carbocycles. The molecule has 1 N–H and O–H groups in total. The molecule has 0 aliphatic rings. The lowest BCUT2D eigenvalue weighted by Gasteiger charge is -2.18. The van der Waals surface area contributed by atoms with Gasteiger partial charge in [-0.25, -0.2) is 13.2 Å². The molecule has 1 aromatic rings. The Morgan fingerprint density at radius 1 is 1.47 bits per heavy atom. The molecule has 1 aromatic heterocycles. The first-order valence-corrected chi connectivity index (χ1v) is 6.64. The summed E-state index contributed by atoms with van der Waals surface area (Å²) in [6.07, 6.45) is 1.21. The van der Waals surface area contributed by atoms with Crippen LogP contribution in [0.3, 0.4) is 0 Å². The molecule has 96 valence electrons. The lowest BCUT2D eigenvalue weighted by molar-refractivity contribution is 0.0690. The van der Waals surface area contributed by atoms with Crippen LogP contribution in [0.1, 0.15) is 31.3 Å². The standard InChI is InChI=1S/C9H15N3O4S/c1-9(2,3)17(15,16)5-4-12-6-7(8(13)14)10-11-12/h6H,4-5H2,1-3H3,(H,13,14). The van der Waals surface area contributed by atoms with Gasteiger partial charge in [-0.15, -0.1) is 5.10 Å². The van der Waals surface area contributed by atoms with Crippen molar-refractivity contribution in [1.29, 1.82) is 0 Å². The number of sulfone groups is 1. The van der Waals surface area contributed by atoms with E-state index < -0.39 is 20.6 Å². The van der Waals surface area contributed by atoms with Crippen molar-refractivity contribution >= 4 is 15.8 Å². The normalized spacial score (nSPS) is 12.6. The van der Waals surface area contributed by atoms with Crippen LogP contribution in [0.5, 0.6) is 0 Å². The molecule has 0 atom stereocenters. The highest BCUT2D eigenvalue weighted by Crippen LogP contribution is 2.16. The summed E-state index contributed by atoms with van der Waals surface area (Å²) >= 11 is 0. The van der Waals surface area contributed by atoms with E-state index in [1.54, 1.807) is 20.8 Å². The number of aromatic nitrogens is 3. The van der Waals surface area contributed by atoms with Crippen molar-refractivity contribution in [2.75, 3.05) is 5.75 Å². The van der Waals surface area contributed by atoms with Crippen LogP contribution in [0.2, 0.25) is 0 Å². The van der Waals surface area contributed by atoms with Gasteiger partial charge in [0, 0.05) is 0 Å². The van der Waals surface area contributed by atoms with E-state index in [4.69, 9.17) is 5.11 Å². The maximum absolute atomic E-state index is 11.8. The summed E-state index contributed by atoms with van der Waals surface area (Å²) in [5, 5.41) is 15.6. The van der Waals surface area contributed by atoms with Crippen molar-refractivity contribution in [2.24, 2.45) is 0 Å². The van der Waals surface area contributed by atoms with E-state index in [1.807, 2.05) is 0 Å². The van der Waals surface area contributed by atoms with Gasteiger partial charge in [0.15, 0.2) is 15.5 Å². The molecule has 0 bridgehead atoms. The van der Waals surface area contributed by atoms with E-state index in [0.717, 1.165) is 0 Å². The Labute approximate surface area is 99.4 Å². The fourth-order valence-electron chi connectivity index (χ4n) is 1.03.